The summed E-state index contributed by atoms with van der Waals surface area (Å²) in [5.74, 6) is 0.954. The van der Waals surface area contributed by atoms with Gasteiger partial charge in [0, 0.05) is 13.2 Å². The average molecular weight is 304 g/mol. The van der Waals surface area contributed by atoms with Crippen molar-refractivity contribution in [2.24, 2.45) is 0 Å². The van der Waals surface area contributed by atoms with E-state index in [1.54, 1.807) is 18.2 Å². The molecule has 0 bridgehead atoms. The molecule has 0 aromatic carbocycles. The molecule has 1 aliphatic heterocycles. The van der Waals surface area contributed by atoms with E-state index in [4.69, 9.17) is 4.74 Å². The first-order valence-corrected chi connectivity index (χ1v) is 7.73. The number of nitrogens with zero attached hydrogens (tertiary/aromatic N) is 2. The molecular formula is C14H16N4O2S. The number of thiophene rings is 1. The van der Waals surface area contributed by atoms with Crippen LogP contribution in [0.4, 0.5) is 11.6 Å². The van der Waals surface area contributed by atoms with Crippen molar-refractivity contribution < 1.29 is 9.53 Å². The van der Waals surface area contributed by atoms with E-state index in [-0.39, 0.29) is 12.0 Å². The lowest BCUT2D eigenvalue weighted by molar-refractivity contribution is 0.103. The van der Waals surface area contributed by atoms with Crippen molar-refractivity contribution in [2.75, 3.05) is 23.8 Å². The minimum atomic E-state index is -0.167. The number of nitrogens with one attached hydrogen (secondary N) is 2. The zero-order chi connectivity index (χ0) is 14.5. The van der Waals surface area contributed by atoms with Crippen molar-refractivity contribution in [1.82, 2.24) is 10.2 Å². The normalized spacial score (nSPS) is 17.6. The van der Waals surface area contributed by atoms with Crippen molar-refractivity contribution in [3.8, 4) is 0 Å². The zero-order valence-electron chi connectivity index (χ0n) is 11.4. The van der Waals surface area contributed by atoms with Crippen molar-refractivity contribution >= 4 is 28.9 Å². The summed E-state index contributed by atoms with van der Waals surface area (Å²) in [6, 6.07) is 7.14. The van der Waals surface area contributed by atoms with Crippen molar-refractivity contribution in [1.29, 1.82) is 0 Å². The fourth-order valence-corrected chi connectivity index (χ4v) is 2.72. The topological polar surface area (TPSA) is 76.1 Å². The smallest absolute Gasteiger partial charge is 0.266 e. The first kappa shape index (κ1) is 14.0. The van der Waals surface area contributed by atoms with E-state index in [1.165, 1.54) is 11.3 Å². The summed E-state index contributed by atoms with van der Waals surface area (Å²) in [7, 11) is 0. The molecule has 21 heavy (non-hydrogen) atoms. The van der Waals surface area contributed by atoms with Crippen LogP contribution in [0.5, 0.6) is 0 Å². The fraction of sp³-hybridized carbons (Fsp3) is 0.357. The highest BCUT2D eigenvalue weighted by atomic mass is 32.1. The number of ether oxygens (including phenoxy) is 1. The SMILES string of the molecule is O=C(Nc1ccc(NCC2CCCO2)nn1)c1cccs1. The number of rotatable bonds is 5. The molecule has 1 unspecified atom stereocenters. The standard InChI is InChI=1S/C14H16N4O2S/c19-14(11-4-2-8-21-11)16-13-6-5-12(17-18-13)15-9-10-3-1-7-20-10/h2,4-6,8,10H,1,3,7,9H2,(H,15,17)(H,16,18,19). The van der Waals surface area contributed by atoms with Crippen molar-refractivity contribution in [3.63, 3.8) is 0 Å². The molecule has 1 amide bonds. The monoisotopic (exact) mass is 304 g/mol. The zero-order valence-corrected chi connectivity index (χ0v) is 12.2. The van der Waals surface area contributed by atoms with E-state index < -0.39 is 0 Å². The quantitative estimate of drug-likeness (QED) is 0.887. The highest BCUT2D eigenvalue weighted by Gasteiger charge is 2.15. The minimum Gasteiger partial charge on any atom is -0.376 e. The third-order valence-electron chi connectivity index (χ3n) is 3.19. The van der Waals surface area contributed by atoms with Crippen LogP contribution in [0.25, 0.3) is 0 Å². The number of hydrogen-bond donors (Lipinski definition) is 2. The van der Waals surface area contributed by atoms with Crippen LogP contribution < -0.4 is 10.6 Å². The van der Waals surface area contributed by atoms with Gasteiger partial charge in [0.1, 0.15) is 5.82 Å². The van der Waals surface area contributed by atoms with E-state index in [0.717, 1.165) is 26.0 Å². The van der Waals surface area contributed by atoms with Crippen LogP contribution in [0.2, 0.25) is 0 Å². The molecule has 3 heterocycles. The van der Waals surface area contributed by atoms with Crippen LogP contribution in [0.1, 0.15) is 22.5 Å². The summed E-state index contributed by atoms with van der Waals surface area (Å²) in [6.07, 6.45) is 2.45. The molecule has 110 valence electrons. The Hall–Kier alpha value is -1.99. The van der Waals surface area contributed by atoms with E-state index in [2.05, 4.69) is 20.8 Å². The molecular weight excluding hydrogens is 288 g/mol. The van der Waals surface area contributed by atoms with Crippen molar-refractivity contribution in [2.45, 2.75) is 18.9 Å². The Bertz CT molecular complexity index is 580. The maximum Gasteiger partial charge on any atom is 0.266 e. The molecule has 1 atom stereocenters. The molecule has 0 radical (unpaired) electrons. The Morgan fingerprint density at radius 1 is 1.33 bits per heavy atom. The van der Waals surface area contributed by atoms with Gasteiger partial charge in [0.25, 0.3) is 5.91 Å². The lowest BCUT2D eigenvalue weighted by atomic mass is 10.2. The van der Waals surface area contributed by atoms with Gasteiger partial charge in [0.05, 0.1) is 11.0 Å². The molecule has 7 heteroatoms. The third kappa shape index (κ3) is 3.77. The van der Waals surface area contributed by atoms with Crippen LogP contribution in [-0.2, 0) is 4.74 Å². The second kappa shape index (κ2) is 6.64. The predicted octanol–water partition coefficient (Wildman–Crippen LogP) is 2.38. The van der Waals surface area contributed by atoms with Gasteiger partial charge in [-0.2, -0.15) is 0 Å². The summed E-state index contributed by atoms with van der Waals surface area (Å²) in [6.45, 7) is 1.57. The Morgan fingerprint density at radius 3 is 2.86 bits per heavy atom. The third-order valence-corrected chi connectivity index (χ3v) is 4.05. The first-order chi connectivity index (χ1) is 10.3. The number of amides is 1. The Balaban J connectivity index is 1.52. The molecule has 1 aliphatic rings. The van der Waals surface area contributed by atoms with Gasteiger partial charge in [-0.3, -0.25) is 4.79 Å². The summed E-state index contributed by atoms with van der Waals surface area (Å²) < 4.78 is 5.53. The van der Waals surface area contributed by atoms with Gasteiger partial charge < -0.3 is 15.4 Å². The molecule has 3 rings (SSSR count). The minimum absolute atomic E-state index is 0.167. The molecule has 0 aliphatic carbocycles. The lowest BCUT2D eigenvalue weighted by Crippen LogP contribution is -2.19. The second-order valence-corrected chi connectivity index (χ2v) is 5.70. The molecule has 2 aromatic heterocycles. The molecule has 1 fully saturated rings. The Kier molecular flexibility index (Phi) is 4.42. The number of carbonyl (C=O) groups excluding carboxylic acids is 1. The van der Waals surface area contributed by atoms with E-state index in [1.807, 2.05) is 11.4 Å². The van der Waals surface area contributed by atoms with E-state index in [9.17, 15) is 4.79 Å². The fourth-order valence-electron chi connectivity index (χ4n) is 2.10. The summed E-state index contributed by atoms with van der Waals surface area (Å²) in [4.78, 5) is 12.5. The second-order valence-electron chi connectivity index (χ2n) is 4.75. The van der Waals surface area contributed by atoms with Crippen LogP contribution in [0.3, 0.4) is 0 Å². The Morgan fingerprint density at radius 2 is 2.19 bits per heavy atom. The summed E-state index contributed by atoms with van der Waals surface area (Å²) in [5.41, 5.74) is 0. The van der Waals surface area contributed by atoms with Gasteiger partial charge in [-0.15, -0.1) is 21.5 Å². The van der Waals surface area contributed by atoms with Gasteiger partial charge in [0.15, 0.2) is 5.82 Å². The maximum atomic E-state index is 11.9. The van der Waals surface area contributed by atoms with E-state index >= 15 is 0 Å². The largest absolute Gasteiger partial charge is 0.376 e. The van der Waals surface area contributed by atoms with Gasteiger partial charge in [0.2, 0.25) is 0 Å². The highest BCUT2D eigenvalue weighted by Crippen LogP contribution is 2.14. The van der Waals surface area contributed by atoms with Gasteiger partial charge >= 0.3 is 0 Å². The molecule has 0 spiro atoms. The van der Waals surface area contributed by atoms with Crippen LogP contribution >= 0.6 is 11.3 Å². The highest BCUT2D eigenvalue weighted by molar-refractivity contribution is 7.12. The molecule has 2 aromatic rings. The van der Waals surface area contributed by atoms with Gasteiger partial charge in [-0.25, -0.2) is 0 Å². The number of hydrogen-bond acceptors (Lipinski definition) is 6. The van der Waals surface area contributed by atoms with Gasteiger partial charge in [-0.1, -0.05) is 6.07 Å². The number of anilines is 2. The molecule has 6 nitrogen and oxygen atoms in total. The average Bonchev–Trinajstić information content (AvgIpc) is 3.20. The number of aromatic nitrogens is 2. The maximum absolute atomic E-state index is 11.9. The van der Waals surface area contributed by atoms with Crippen molar-refractivity contribution in [3.05, 3.63) is 34.5 Å². The predicted molar refractivity (Wildman–Crippen MR) is 81.8 cm³/mol. The molecule has 1 saturated heterocycles. The van der Waals surface area contributed by atoms with Gasteiger partial charge in [-0.05, 0) is 36.4 Å². The summed E-state index contributed by atoms with van der Waals surface area (Å²) in [5, 5.41) is 15.8. The Labute approximate surface area is 126 Å². The van der Waals surface area contributed by atoms with E-state index in [0.29, 0.717) is 16.5 Å². The van der Waals surface area contributed by atoms with Crippen LogP contribution in [0, 0.1) is 0 Å². The first-order valence-electron chi connectivity index (χ1n) is 6.85. The summed E-state index contributed by atoms with van der Waals surface area (Å²) >= 11 is 1.39. The van der Waals surface area contributed by atoms with Crippen LogP contribution in [0.15, 0.2) is 29.6 Å². The molecule has 0 saturated carbocycles. The number of carbonyl (C=O) groups is 1. The lowest BCUT2D eigenvalue weighted by Gasteiger charge is -2.10. The molecule has 2 N–H and O–H groups in total. The van der Waals surface area contributed by atoms with Crippen LogP contribution in [-0.4, -0.2) is 35.4 Å².